The van der Waals surface area contributed by atoms with Gasteiger partial charge in [0.05, 0.1) is 0 Å². The Morgan fingerprint density at radius 3 is 2.73 bits per heavy atom. The molecule has 2 N–H and O–H groups in total. The Morgan fingerprint density at radius 2 is 1.95 bits per heavy atom. The SMILES string of the molecule is O=C(O)CCCCCNC(=O)CCc1nc2ccccc2o1. The highest BCUT2D eigenvalue weighted by Gasteiger charge is 2.08. The van der Waals surface area contributed by atoms with E-state index in [1.807, 2.05) is 24.3 Å². The van der Waals surface area contributed by atoms with Crippen molar-refractivity contribution in [3.63, 3.8) is 0 Å². The average molecular weight is 304 g/mol. The van der Waals surface area contributed by atoms with Gasteiger partial charge in [0.1, 0.15) is 5.52 Å². The van der Waals surface area contributed by atoms with Crippen LogP contribution in [-0.2, 0) is 16.0 Å². The molecule has 0 aliphatic heterocycles. The summed E-state index contributed by atoms with van der Waals surface area (Å²) in [6.07, 6.45) is 3.24. The number of aryl methyl sites for hydroxylation is 1. The number of fused-ring (bicyclic) bond motifs is 1. The predicted molar refractivity (Wildman–Crippen MR) is 81.4 cm³/mol. The number of unbranched alkanes of at least 4 members (excludes halogenated alkanes) is 2. The first kappa shape index (κ1) is 16.0. The molecule has 22 heavy (non-hydrogen) atoms. The zero-order valence-corrected chi connectivity index (χ0v) is 12.4. The number of hydrogen-bond donors (Lipinski definition) is 2. The number of aliphatic carboxylic acids is 1. The molecule has 0 bridgehead atoms. The second-order valence-corrected chi connectivity index (χ2v) is 5.13. The summed E-state index contributed by atoms with van der Waals surface area (Å²) in [5.74, 6) is -0.249. The summed E-state index contributed by atoms with van der Waals surface area (Å²) in [6.45, 7) is 0.575. The van der Waals surface area contributed by atoms with Crippen LogP contribution in [0.4, 0.5) is 0 Å². The van der Waals surface area contributed by atoms with Gasteiger partial charge in [-0.2, -0.15) is 0 Å². The van der Waals surface area contributed by atoms with Crippen LogP contribution >= 0.6 is 0 Å². The van der Waals surface area contributed by atoms with Crippen molar-refractivity contribution in [1.29, 1.82) is 0 Å². The molecule has 118 valence electrons. The van der Waals surface area contributed by atoms with E-state index in [0.29, 0.717) is 31.7 Å². The molecule has 0 aliphatic rings. The number of carbonyl (C=O) groups is 2. The number of carboxylic acids is 1. The van der Waals surface area contributed by atoms with E-state index in [4.69, 9.17) is 9.52 Å². The lowest BCUT2D eigenvalue weighted by molar-refractivity contribution is -0.137. The van der Waals surface area contributed by atoms with Gasteiger partial charge in [0.15, 0.2) is 11.5 Å². The van der Waals surface area contributed by atoms with E-state index in [1.54, 1.807) is 0 Å². The summed E-state index contributed by atoms with van der Waals surface area (Å²) in [5, 5.41) is 11.3. The molecule has 0 spiro atoms. The number of oxazole rings is 1. The molecule has 2 aromatic rings. The molecule has 0 fully saturated rings. The van der Waals surface area contributed by atoms with Gasteiger partial charge in [0.25, 0.3) is 0 Å². The largest absolute Gasteiger partial charge is 0.481 e. The lowest BCUT2D eigenvalue weighted by Crippen LogP contribution is -2.24. The van der Waals surface area contributed by atoms with Gasteiger partial charge in [0.2, 0.25) is 5.91 Å². The van der Waals surface area contributed by atoms with Crippen molar-refractivity contribution in [2.24, 2.45) is 0 Å². The number of benzene rings is 1. The van der Waals surface area contributed by atoms with Crippen LogP contribution < -0.4 is 5.32 Å². The zero-order chi connectivity index (χ0) is 15.8. The van der Waals surface area contributed by atoms with Gasteiger partial charge in [-0.1, -0.05) is 18.6 Å². The quantitative estimate of drug-likeness (QED) is 0.694. The summed E-state index contributed by atoms with van der Waals surface area (Å²) < 4.78 is 5.55. The number of carbonyl (C=O) groups excluding carboxylic acids is 1. The summed E-state index contributed by atoms with van der Waals surface area (Å²) >= 11 is 0. The molecule has 0 saturated carbocycles. The molecular formula is C16H20N2O4. The van der Waals surface area contributed by atoms with Crippen molar-refractivity contribution in [1.82, 2.24) is 10.3 Å². The maximum atomic E-state index is 11.7. The van der Waals surface area contributed by atoms with Crippen molar-refractivity contribution < 1.29 is 19.1 Å². The van der Waals surface area contributed by atoms with E-state index in [2.05, 4.69) is 10.3 Å². The summed E-state index contributed by atoms with van der Waals surface area (Å²) in [7, 11) is 0. The van der Waals surface area contributed by atoms with E-state index in [-0.39, 0.29) is 12.3 Å². The predicted octanol–water partition coefficient (Wildman–Crippen LogP) is 2.52. The molecule has 0 saturated heterocycles. The molecule has 0 atom stereocenters. The van der Waals surface area contributed by atoms with Gasteiger partial charge in [-0.25, -0.2) is 4.98 Å². The minimum absolute atomic E-state index is 0.0412. The van der Waals surface area contributed by atoms with Crippen molar-refractivity contribution in [3.05, 3.63) is 30.2 Å². The van der Waals surface area contributed by atoms with E-state index < -0.39 is 5.97 Å². The fraction of sp³-hybridized carbons (Fsp3) is 0.438. The van der Waals surface area contributed by atoms with Crippen LogP contribution in [0.15, 0.2) is 28.7 Å². The van der Waals surface area contributed by atoms with Gasteiger partial charge in [-0.3, -0.25) is 9.59 Å². The first-order valence-corrected chi connectivity index (χ1v) is 7.48. The number of nitrogens with zero attached hydrogens (tertiary/aromatic N) is 1. The van der Waals surface area contributed by atoms with E-state index >= 15 is 0 Å². The first-order chi connectivity index (χ1) is 10.6. The minimum atomic E-state index is -0.776. The Morgan fingerprint density at radius 1 is 1.14 bits per heavy atom. The monoisotopic (exact) mass is 304 g/mol. The maximum Gasteiger partial charge on any atom is 0.303 e. The van der Waals surface area contributed by atoms with Crippen molar-refractivity contribution in [2.75, 3.05) is 6.54 Å². The molecule has 1 amide bonds. The summed E-state index contributed by atoms with van der Waals surface area (Å²) in [4.78, 5) is 26.4. The van der Waals surface area contributed by atoms with Crippen LogP contribution in [0.5, 0.6) is 0 Å². The van der Waals surface area contributed by atoms with Gasteiger partial charge in [-0.15, -0.1) is 0 Å². The number of hydrogen-bond acceptors (Lipinski definition) is 4. The highest BCUT2D eigenvalue weighted by atomic mass is 16.4. The highest BCUT2D eigenvalue weighted by Crippen LogP contribution is 2.15. The van der Waals surface area contributed by atoms with Crippen molar-refractivity contribution in [3.8, 4) is 0 Å². The van der Waals surface area contributed by atoms with E-state index in [0.717, 1.165) is 23.9 Å². The Labute approximate surface area is 128 Å². The van der Waals surface area contributed by atoms with Crippen LogP contribution in [0.25, 0.3) is 11.1 Å². The third-order valence-electron chi connectivity index (χ3n) is 3.29. The minimum Gasteiger partial charge on any atom is -0.481 e. The lowest BCUT2D eigenvalue weighted by Gasteiger charge is -2.03. The molecule has 0 radical (unpaired) electrons. The number of carboxylic acid groups (broad SMARTS) is 1. The third-order valence-corrected chi connectivity index (χ3v) is 3.29. The Hall–Kier alpha value is -2.37. The van der Waals surface area contributed by atoms with Crippen LogP contribution in [0.1, 0.15) is 38.0 Å². The second kappa shape index (κ2) is 8.17. The van der Waals surface area contributed by atoms with E-state index in [1.165, 1.54) is 0 Å². The third kappa shape index (κ3) is 5.20. The topological polar surface area (TPSA) is 92.4 Å². The highest BCUT2D eigenvalue weighted by molar-refractivity contribution is 5.76. The fourth-order valence-electron chi connectivity index (χ4n) is 2.14. The smallest absolute Gasteiger partial charge is 0.303 e. The van der Waals surface area contributed by atoms with Gasteiger partial charge < -0.3 is 14.8 Å². The van der Waals surface area contributed by atoms with Crippen molar-refractivity contribution in [2.45, 2.75) is 38.5 Å². The number of para-hydroxylation sites is 2. The molecule has 0 aliphatic carbocycles. The standard InChI is InChI=1S/C16H20N2O4/c19-14(17-11-5-1-2-8-16(20)21)9-10-15-18-12-6-3-4-7-13(12)22-15/h3-4,6-7H,1-2,5,8-11H2,(H,17,19)(H,20,21). The van der Waals surface area contributed by atoms with Gasteiger partial charge >= 0.3 is 5.97 Å². The molecule has 6 heteroatoms. The maximum absolute atomic E-state index is 11.7. The normalized spacial score (nSPS) is 10.7. The van der Waals surface area contributed by atoms with Crippen molar-refractivity contribution >= 4 is 23.0 Å². The Balaban J connectivity index is 1.62. The number of aromatic nitrogens is 1. The summed E-state index contributed by atoms with van der Waals surface area (Å²) in [5.41, 5.74) is 1.53. The first-order valence-electron chi connectivity index (χ1n) is 7.48. The number of rotatable bonds is 9. The molecule has 6 nitrogen and oxygen atoms in total. The molecule has 1 aromatic heterocycles. The number of amides is 1. The van der Waals surface area contributed by atoms with Gasteiger partial charge in [-0.05, 0) is 25.0 Å². The van der Waals surface area contributed by atoms with Gasteiger partial charge in [0, 0.05) is 25.8 Å². The Kier molecular flexibility index (Phi) is 5.94. The number of nitrogens with one attached hydrogen (secondary N) is 1. The van der Waals surface area contributed by atoms with Crippen LogP contribution in [0.3, 0.4) is 0 Å². The van der Waals surface area contributed by atoms with Crippen LogP contribution in [-0.4, -0.2) is 28.5 Å². The van der Waals surface area contributed by atoms with E-state index in [9.17, 15) is 9.59 Å². The summed E-state index contributed by atoms with van der Waals surface area (Å²) in [6, 6.07) is 7.50. The fourth-order valence-corrected chi connectivity index (χ4v) is 2.14. The zero-order valence-electron chi connectivity index (χ0n) is 12.4. The van der Waals surface area contributed by atoms with Crippen LogP contribution in [0, 0.1) is 0 Å². The Bertz CT molecular complexity index is 603. The second-order valence-electron chi connectivity index (χ2n) is 5.13. The van der Waals surface area contributed by atoms with Crippen LogP contribution in [0.2, 0.25) is 0 Å². The molecule has 0 unspecified atom stereocenters. The molecule has 1 heterocycles. The molecular weight excluding hydrogens is 284 g/mol. The molecule has 2 rings (SSSR count). The average Bonchev–Trinajstić information content (AvgIpc) is 2.91. The lowest BCUT2D eigenvalue weighted by atomic mass is 10.2. The molecule has 1 aromatic carbocycles.